The minimum absolute atomic E-state index is 0.243. The fraction of sp³-hybridized carbons (Fsp3) is 0.333. The summed E-state index contributed by atoms with van der Waals surface area (Å²) in [4.78, 5) is 44.7. The molecule has 0 saturated carbocycles. The van der Waals surface area contributed by atoms with Crippen LogP contribution in [0.2, 0.25) is 0 Å². The number of amides is 2. The maximum absolute atomic E-state index is 11.8. The number of aliphatic carboxylic acids is 3. The normalized spacial score (nSPS) is 12.7. The average Bonchev–Trinajstić information content (AvgIpc) is 2.52. The van der Waals surface area contributed by atoms with Gasteiger partial charge in [-0.15, -0.1) is 0 Å². The third-order valence-electron chi connectivity index (χ3n) is 3.29. The summed E-state index contributed by atoms with van der Waals surface area (Å²) in [5.74, 6) is -4.69. The first-order valence-corrected chi connectivity index (χ1v) is 8.25. The van der Waals surface area contributed by atoms with Gasteiger partial charge in [0.2, 0.25) is 0 Å². The number of carboxylic acids is 3. The SMILES string of the molecule is O=C(O)CCC(NC(=O)NCC(C(=O)O)c1ccc(I)cc1)C(=O)O. The maximum atomic E-state index is 11.8. The second kappa shape index (κ2) is 9.81. The Morgan fingerprint density at radius 2 is 1.60 bits per heavy atom. The van der Waals surface area contributed by atoms with E-state index in [0.717, 1.165) is 3.57 Å². The van der Waals surface area contributed by atoms with Crippen LogP contribution in [0.4, 0.5) is 4.79 Å². The van der Waals surface area contributed by atoms with Crippen molar-refractivity contribution in [3.63, 3.8) is 0 Å². The summed E-state index contributed by atoms with van der Waals surface area (Å²) in [5.41, 5.74) is 0.494. The van der Waals surface area contributed by atoms with Crippen LogP contribution < -0.4 is 10.6 Å². The zero-order valence-corrected chi connectivity index (χ0v) is 15.1. The summed E-state index contributed by atoms with van der Waals surface area (Å²) in [6, 6.07) is 4.48. The van der Waals surface area contributed by atoms with Crippen molar-refractivity contribution in [1.82, 2.24) is 10.6 Å². The van der Waals surface area contributed by atoms with Crippen LogP contribution in [0.3, 0.4) is 0 Å². The number of carbonyl (C=O) groups excluding carboxylic acids is 1. The van der Waals surface area contributed by atoms with E-state index in [-0.39, 0.29) is 13.0 Å². The lowest BCUT2D eigenvalue weighted by Crippen LogP contribution is -2.47. The number of rotatable bonds is 9. The van der Waals surface area contributed by atoms with Crippen molar-refractivity contribution in [3.05, 3.63) is 33.4 Å². The van der Waals surface area contributed by atoms with Gasteiger partial charge < -0.3 is 26.0 Å². The number of carbonyl (C=O) groups is 4. The molecule has 1 aromatic rings. The van der Waals surface area contributed by atoms with Gasteiger partial charge in [0.15, 0.2) is 0 Å². The largest absolute Gasteiger partial charge is 0.481 e. The summed E-state index contributed by atoms with van der Waals surface area (Å²) >= 11 is 2.08. The summed E-state index contributed by atoms with van der Waals surface area (Å²) in [6.45, 7) is -0.243. The van der Waals surface area contributed by atoms with Crippen LogP contribution in [-0.2, 0) is 14.4 Å². The van der Waals surface area contributed by atoms with Crippen molar-refractivity contribution < 1.29 is 34.5 Å². The molecular formula is C15H17IN2O7. The van der Waals surface area contributed by atoms with Crippen LogP contribution in [-0.4, -0.2) is 51.8 Å². The Kier molecular flexibility index (Phi) is 8.11. The van der Waals surface area contributed by atoms with Crippen LogP contribution in [0.1, 0.15) is 24.3 Å². The molecule has 1 aromatic carbocycles. The molecule has 2 amide bonds. The minimum atomic E-state index is -1.38. The zero-order valence-electron chi connectivity index (χ0n) is 12.9. The van der Waals surface area contributed by atoms with Crippen LogP contribution in [0.25, 0.3) is 0 Å². The molecule has 5 N–H and O–H groups in total. The smallest absolute Gasteiger partial charge is 0.326 e. The molecule has 0 aliphatic carbocycles. The van der Waals surface area contributed by atoms with E-state index in [2.05, 4.69) is 33.2 Å². The molecular weight excluding hydrogens is 447 g/mol. The third kappa shape index (κ3) is 7.37. The molecule has 0 aromatic heterocycles. The van der Waals surface area contributed by atoms with E-state index in [1.807, 2.05) is 0 Å². The maximum Gasteiger partial charge on any atom is 0.326 e. The van der Waals surface area contributed by atoms with Crippen molar-refractivity contribution in [2.24, 2.45) is 0 Å². The highest BCUT2D eigenvalue weighted by Crippen LogP contribution is 2.17. The van der Waals surface area contributed by atoms with E-state index in [1.54, 1.807) is 24.3 Å². The number of urea groups is 1. The molecule has 2 unspecified atom stereocenters. The Morgan fingerprint density at radius 1 is 1.00 bits per heavy atom. The molecule has 0 aliphatic heterocycles. The molecule has 1 rings (SSSR count). The average molecular weight is 464 g/mol. The summed E-state index contributed by atoms with van der Waals surface area (Å²) in [7, 11) is 0. The first-order chi connectivity index (χ1) is 11.7. The molecule has 2 atom stereocenters. The topological polar surface area (TPSA) is 153 Å². The summed E-state index contributed by atoms with van der Waals surface area (Å²) in [6.07, 6.45) is -0.699. The number of hydrogen-bond acceptors (Lipinski definition) is 4. The molecule has 9 nitrogen and oxygen atoms in total. The van der Waals surface area contributed by atoms with E-state index >= 15 is 0 Å². The fourth-order valence-corrected chi connectivity index (χ4v) is 2.33. The van der Waals surface area contributed by atoms with Crippen LogP contribution in [0, 0.1) is 3.57 Å². The lowest BCUT2D eigenvalue weighted by Gasteiger charge is -2.17. The van der Waals surface area contributed by atoms with E-state index in [1.165, 1.54) is 0 Å². The molecule has 25 heavy (non-hydrogen) atoms. The molecule has 0 saturated heterocycles. The van der Waals surface area contributed by atoms with Crippen molar-refractivity contribution in [2.45, 2.75) is 24.8 Å². The Labute approximate surface area is 156 Å². The molecule has 0 fully saturated rings. The molecule has 10 heteroatoms. The van der Waals surface area contributed by atoms with Crippen molar-refractivity contribution in [2.75, 3.05) is 6.54 Å². The number of benzene rings is 1. The van der Waals surface area contributed by atoms with Gasteiger partial charge in [-0.3, -0.25) is 9.59 Å². The molecule has 0 bridgehead atoms. The monoisotopic (exact) mass is 464 g/mol. The second-order valence-corrected chi connectivity index (χ2v) is 6.37. The van der Waals surface area contributed by atoms with Gasteiger partial charge in [0.1, 0.15) is 6.04 Å². The van der Waals surface area contributed by atoms with Gasteiger partial charge >= 0.3 is 23.9 Å². The predicted octanol–water partition coefficient (Wildman–Crippen LogP) is 1.08. The van der Waals surface area contributed by atoms with Gasteiger partial charge in [-0.05, 0) is 46.7 Å². The first kappa shape index (κ1) is 20.7. The fourth-order valence-electron chi connectivity index (χ4n) is 1.97. The Hall–Kier alpha value is -2.37. The van der Waals surface area contributed by atoms with Crippen LogP contribution >= 0.6 is 22.6 Å². The van der Waals surface area contributed by atoms with Gasteiger partial charge in [-0.1, -0.05) is 12.1 Å². The van der Waals surface area contributed by atoms with Crippen molar-refractivity contribution >= 4 is 46.5 Å². The highest BCUT2D eigenvalue weighted by Gasteiger charge is 2.23. The van der Waals surface area contributed by atoms with E-state index in [9.17, 15) is 24.3 Å². The van der Waals surface area contributed by atoms with Crippen molar-refractivity contribution in [3.8, 4) is 0 Å². The summed E-state index contributed by atoms with van der Waals surface area (Å²) in [5, 5.41) is 31.3. The van der Waals surface area contributed by atoms with Gasteiger partial charge in [-0.25, -0.2) is 9.59 Å². The third-order valence-corrected chi connectivity index (χ3v) is 4.01. The molecule has 0 aliphatic rings. The van der Waals surface area contributed by atoms with Gasteiger partial charge in [0.25, 0.3) is 0 Å². The molecule has 0 heterocycles. The highest BCUT2D eigenvalue weighted by atomic mass is 127. The first-order valence-electron chi connectivity index (χ1n) is 7.18. The highest BCUT2D eigenvalue weighted by molar-refractivity contribution is 14.1. The van der Waals surface area contributed by atoms with E-state index in [4.69, 9.17) is 10.2 Å². The number of halogens is 1. The Balaban J connectivity index is 2.64. The van der Waals surface area contributed by atoms with Gasteiger partial charge in [-0.2, -0.15) is 0 Å². The van der Waals surface area contributed by atoms with E-state index < -0.39 is 42.3 Å². The Bertz CT molecular complexity index is 648. The second-order valence-electron chi connectivity index (χ2n) is 5.12. The lowest BCUT2D eigenvalue weighted by molar-refractivity contribution is -0.141. The lowest BCUT2D eigenvalue weighted by atomic mass is 9.99. The summed E-state index contributed by atoms with van der Waals surface area (Å²) < 4.78 is 0.930. The minimum Gasteiger partial charge on any atom is -0.481 e. The molecule has 136 valence electrons. The molecule has 0 radical (unpaired) electrons. The van der Waals surface area contributed by atoms with Gasteiger partial charge in [0, 0.05) is 16.5 Å². The van der Waals surface area contributed by atoms with Crippen LogP contribution in [0.15, 0.2) is 24.3 Å². The number of nitrogens with one attached hydrogen (secondary N) is 2. The van der Waals surface area contributed by atoms with Crippen LogP contribution in [0.5, 0.6) is 0 Å². The van der Waals surface area contributed by atoms with E-state index in [0.29, 0.717) is 5.56 Å². The number of carboxylic acid groups (broad SMARTS) is 3. The molecule has 0 spiro atoms. The zero-order chi connectivity index (χ0) is 19.0. The predicted molar refractivity (Wildman–Crippen MR) is 94.4 cm³/mol. The van der Waals surface area contributed by atoms with Gasteiger partial charge in [0.05, 0.1) is 5.92 Å². The van der Waals surface area contributed by atoms with Crippen molar-refractivity contribution in [1.29, 1.82) is 0 Å². The number of hydrogen-bond donors (Lipinski definition) is 5. The standard InChI is InChI=1S/C15H17IN2O7/c16-9-3-1-8(2-4-9)10(13(21)22)7-17-15(25)18-11(14(23)24)5-6-12(19)20/h1-4,10-11H,5-7H2,(H,19,20)(H,21,22)(H,23,24)(H2,17,18,25). The Morgan fingerprint density at radius 3 is 2.08 bits per heavy atom. The quantitative estimate of drug-likeness (QED) is 0.343.